The zero-order valence-corrected chi connectivity index (χ0v) is 8.53. The maximum absolute atomic E-state index is 11.2. The summed E-state index contributed by atoms with van der Waals surface area (Å²) < 4.78 is 0. The lowest BCUT2D eigenvalue weighted by Crippen LogP contribution is -2.16. The highest BCUT2D eigenvalue weighted by molar-refractivity contribution is 6.66. The van der Waals surface area contributed by atoms with Crippen LogP contribution in [-0.4, -0.2) is 10.2 Å². The number of para-hydroxylation sites is 1. The third-order valence-corrected chi connectivity index (χ3v) is 3.10. The van der Waals surface area contributed by atoms with E-state index in [4.69, 9.17) is 11.6 Å². The van der Waals surface area contributed by atoms with Crippen LogP contribution in [0, 0.1) is 10.1 Å². The van der Waals surface area contributed by atoms with Gasteiger partial charge in [-0.1, -0.05) is 18.2 Å². The molecule has 1 saturated carbocycles. The van der Waals surface area contributed by atoms with Crippen LogP contribution in [-0.2, 0) is 10.2 Å². The van der Waals surface area contributed by atoms with E-state index in [1.54, 1.807) is 18.2 Å². The van der Waals surface area contributed by atoms with Crippen LogP contribution in [0.3, 0.4) is 0 Å². The molecule has 0 bridgehead atoms. The second-order valence-electron chi connectivity index (χ2n) is 3.63. The summed E-state index contributed by atoms with van der Waals surface area (Å²) in [6.45, 7) is 0. The smallest absolute Gasteiger partial charge is 0.273 e. The Morgan fingerprint density at radius 3 is 2.47 bits per heavy atom. The summed E-state index contributed by atoms with van der Waals surface area (Å²) in [6.07, 6.45) is 1.19. The lowest BCUT2D eigenvalue weighted by atomic mass is 9.96. The van der Waals surface area contributed by atoms with Crippen LogP contribution in [0.1, 0.15) is 18.4 Å². The van der Waals surface area contributed by atoms with E-state index in [0.29, 0.717) is 18.4 Å². The molecule has 5 heteroatoms. The summed E-state index contributed by atoms with van der Waals surface area (Å²) >= 11 is 5.48. The highest BCUT2D eigenvalue weighted by atomic mass is 35.5. The molecule has 0 aromatic heterocycles. The number of nitro benzene ring substituents is 1. The molecule has 0 N–H and O–H groups in total. The SMILES string of the molecule is O=C(Cl)C1(c2ccccc2[N+](=O)[O-])CC1. The Hall–Kier alpha value is -1.42. The van der Waals surface area contributed by atoms with Crippen LogP contribution >= 0.6 is 11.6 Å². The summed E-state index contributed by atoms with van der Waals surface area (Å²) in [7, 11) is 0. The van der Waals surface area contributed by atoms with Crippen molar-refractivity contribution >= 4 is 22.5 Å². The first-order chi connectivity index (χ1) is 7.08. The molecule has 0 saturated heterocycles. The second-order valence-corrected chi connectivity index (χ2v) is 3.97. The molecule has 0 spiro atoms. The normalized spacial score (nSPS) is 17.1. The second kappa shape index (κ2) is 3.31. The van der Waals surface area contributed by atoms with E-state index < -0.39 is 15.6 Å². The summed E-state index contributed by atoms with van der Waals surface area (Å²) in [5.41, 5.74) is -0.385. The highest BCUT2D eigenvalue weighted by Gasteiger charge is 2.53. The molecule has 15 heavy (non-hydrogen) atoms. The average molecular weight is 226 g/mol. The van der Waals surface area contributed by atoms with Crippen LogP contribution < -0.4 is 0 Å². The Morgan fingerprint density at radius 1 is 1.40 bits per heavy atom. The molecular weight excluding hydrogens is 218 g/mol. The van der Waals surface area contributed by atoms with Gasteiger partial charge in [0.1, 0.15) is 0 Å². The van der Waals surface area contributed by atoms with Gasteiger partial charge in [0.25, 0.3) is 5.69 Å². The predicted octanol–water partition coefficient (Wildman–Crippen LogP) is 2.39. The van der Waals surface area contributed by atoms with Gasteiger partial charge >= 0.3 is 0 Å². The van der Waals surface area contributed by atoms with Crippen molar-refractivity contribution in [3.8, 4) is 0 Å². The molecule has 0 atom stereocenters. The van der Waals surface area contributed by atoms with Crippen molar-refractivity contribution < 1.29 is 9.72 Å². The zero-order chi connectivity index (χ0) is 11.1. The van der Waals surface area contributed by atoms with Gasteiger partial charge in [0.15, 0.2) is 0 Å². The number of halogens is 1. The van der Waals surface area contributed by atoms with E-state index >= 15 is 0 Å². The van der Waals surface area contributed by atoms with Gasteiger partial charge in [-0.15, -0.1) is 0 Å². The minimum atomic E-state index is -0.800. The van der Waals surface area contributed by atoms with Crippen molar-refractivity contribution in [1.29, 1.82) is 0 Å². The van der Waals surface area contributed by atoms with Gasteiger partial charge in [-0.3, -0.25) is 14.9 Å². The third kappa shape index (κ3) is 1.51. The van der Waals surface area contributed by atoms with Crippen molar-refractivity contribution in [2.75, 3.05) is 0 Å². The Morgan fingerprint density at radius 2 is 2.00 bits per heavy atom. The number of carbonyl (C=O) groups excluding carboxylic acids is 1. The van der Waals surface area contributed by atoms with Crippen LogP contribution in [0.2, 0.25) is 0 Å². The minimum absolute atomic E-state index is 0.0241. The van der Waals surface area contributed by atoms with Gasteiger partial charge in [0, 0.05) is 11.6 Å². The summed E-state index contributed by atoms with van der Waals surface area (Å²) in [5.74, 6) is 0. The van der Waals surface area contributed by atoms with Gasteiger partial charge in [0.2, 0.25) is 5.24 Å². The summed E-state index contributed by atoms with van der Waals surface area (Å²) in [5, 5.41) is 10.3. The Balaban J connectivity index is 2.53. The van der Waals surface area contributed by atoms with Crippen molar-refractivity contribution in [2.45, 2.75) is 18.3 Å². The molecule has 1 aliphatic carbocycles. The Labute approximate surface area is 91.0 Å². The number of hydrogen-bond acceptors (Lipinski definition) is 3. The molecule has 1 aromatic carbocycles. The largest absolute Gasteiger partial charge is 0.280 e. The lowest BCUT2D eigenvalue weighted by Gasteiger charge is -2.09. The number of hydrogen-bond donors (Lipinski definition) is 0. The van der Waals surface area contributed by atoms with Crippen molar-refractivity contribution in [3.63, 3.8) is 0 Å². The molecule has 1 aliphatic rings. The molecular formula is C10H8ClNO3. The van der Waals surface area contributed by atoms with Crippen molar-refractivity contribution in [2.24, 2.45) is 0 Å². The van der Waals surface area contributed by atoms with E-state index in [1.165, 1.54) is 6.07 Å². The maximum atomic E-state index is 11.2. The van der Waals surface area contributed by atoms with Crippen molar-refractivity contribution in [1.82, 2.24) is 0 Å². The van der Waals surface area contributed by atoms with E-state index in [9.17, 15) is 14.9 Å². The Bertz CT molecular complexity index is 440. The molecule has 2 rings (SSSR count). The monoisotopic (exact) mass is 225 g/mol. The molecule has 1 aromatic rings. The molecule has 0 aliphatic heterocycles. The average Bonchev–Trinajstić information content (AvgIpc) is 2.98. The predicted molar refractivity (Wildman–Crippen MR) is 54.9 cm³/mol. The van der Waals surface area contributed by atoms with Crippen LogP contribution in [0.5, 0.6) is 0 Å². The number of carbonyl (C=O) groups is 1. The van der Waals surface area contributed by atoms with E-state index in [0.717, 1.165) is 0 Å². The van der Waals surface area contributed by atoms with Gasteiger partial charge in [0.05, 0.1) is 10.3 Å². The first-order valence-corrected chi connectivity index (χ1v) is 4.89. The number of nitro groups is 1. The van der Waals surface area contributed by atoms with E-state index in [1.807, 2.05) is 0 Å². The molecule has 0 heterocycles. The fourth-order valence-corrected chi connectivity index (χ4v) is 2.03. The van der Waals surface area contributed by atoms with Crippen LogP contribution in [0.15, 0.2) is 24.3 Å². The summed E-state index contributed by atoms with van der Waals surface area (Å²) in [6, 6.07) is 6.26. The van der Waals surface area contributed by atoms with E-state index in [-0.39, 0.29) is 5.69 Å². The number of rotatable bonds is 3. The highest BCUT2D eigenvalue weighted by Crippen LogP contribution is 2.52. The number of benzene rings is 1. The molecule has 78 valence electrons. The third-order valence-electron chi connectivity index (χ3n) is 2.74. The molecule has 0 amide bonds. The van der Waals surface area contributed by atoms with Gasteiger partial charge < -0.3 is 0 Å². The fraction of sp³-hybridized carbons (Fsp3) is 0.300. The zero-order valence-electron chi connectivity index (χ0n) is 7.77. The lowest BCUT2D eigenvalue weighted by molar-refractivity contribution is -0.385. The van der Waals surface area contributed by atoms with Gasteiger partial charge in [-0.25, -0.2) is 0 Å². The molecule has 0 radical (unpaired) electrons. The topological polar surface area (TPSA) is 60.2 Å². The standard InChI is InChI=1S/C10H8ClNO3/c11-9(13)10(5-6-10)7-3-1-2-4-8(7)12(14)15/h1-4H,5-6H2. The molecule has 0 unspecified atom stereocenters. The number of nitrogens with zero attached hydrogens (tertiary/aromatic N) is 1. The first kappa shape index (κ1) is 10.1. The molecule has 4 nitrogen and oxygen atoms in total. The van der Waals surface area contributed by atoms with Gasteiger partial charge in [-0.2, -0.15) is 0 Å². The van der Waals surface area contributed by atoms with Crippen molar-refractivity contribution in [3.05, 3.63) is 39.9 Å². The first-order valence-electron chi connectivity index (χ1n) is 4.52. The van der Waals surface area contributed by atoms with E-state index in [2.05, 4.69) is 0 Å². The minimum Gasteiger partial charge on any atom is -0.280 e. The van der Waals surface area contributed by atoms with Gasteiger partial charge in [-0.05, 0) is 24.4 Å². The fourth-order valence-electron chi connectivity index (χ4n) is 1.73. The molecule has 1 fully saturated rings. The van der Waals surface area contributed by atoms with Crippen LogP contribution in [0.25, 0.3) is 0 Å². The van der Waals surface area contributed by atoms with Crippen LogP contribution in [0.4, 0.5) is 5.69 Å². The Kier molecular flexibility index (Phi) is 2.23. The quantitative estimate of drug-likeness (QED) is 0.451. The maximum Gasteiger partial charge on any atom is 0.273 e. The summed E-state index contributed by atoms with van der Waals surface area (Å²) in [4.78, 5) is 21.5.